The molecule has 0 fully saturated rings. The molecule has 1 rings (SSSR count). The summed E-state index contributed by atoms with van der Waals surface area (Å²) in [6.07, 6.45) is -1.79. The van der Waals surface area contributed by atoms with Gasteiger partial charge in [0.15, 0.2) is 6.10 Å². The third-order valence-electron chi connectivity index (χ3n) is 2.25. The number of aliphatic hydroxyl groups excluding tert-OH is 1. The van der Waals surface area contributed by atoms with Gasteiger partial charge in [-0.3, -0.25) is 0 Å². The van der Waals surface area contributed by atoms with E-state index in [-0.39, 0.29) is 23.1 Å². The quantitative estimate of drug-likeness (QED) is 0.606. The second kappa shape index (κ2) is 7.15. The highest BCUT2D eigenvalue weighted by Crippen LogP contribution is 2.23. The molecular weight excluding hydrogens is 342 g/mol. The highest BCUT2D eigenvalue weighted by molar-refractivity contribution is 9.10. The average molecular weight is 353 g/mol. The molecule has 0 aromatic heterocycles. The van der Waals surface area contributed by atoms with Crippen LogP contribution in [0.5, 0.6) is 0 Å². The van der Waals surface area contributed by atoms with Crippen molar-refractivity contribution in [3.8, 4) is 0 Å². The lowest BCUT2D eigenvalue weighted by Gasteiger charge is -2.10. The van der Waals surface area contributed by atoms with Crippen LogP contribution in [0.3, 0.4) is 0 Å². The molecule has 1 aromatic carbocycles. The molecule has 1 atom stereocenters. The zero-order chi connectivity index (χ0) is 15.3. The van der Waals surface area contributed by atoms with Crippen LogP contribution in [0.15, 0.2) is 16.6 Å². The number of carboxylic acids is 1. The fourth-order valence-corrected chi connectivity index (χ4v) is 1.57. The molecule has 9 heteroatoms. The molecule has 0 aliphatic rings. The van der Waals surface area contributed by atoms with Gasteiger partial charge in [0.25, 0.3) is 0 Å². The third-order valence-corrected chi connectivity index (χ3v) is 2.85. The topological polar surface area (TPSA) is 98.7 Å². The first-order valence-corrected chi connectivity index (χ1v) is 6.21. The standard InChI is InChI=1S/C11H11BrF2N2O4/c12-5-3-8(7(14)4-6(5)13)16-11(20)15-2-1-9(17)10(18)19/h3-4,9,17H,1-2H2,(H,18,19)(H2,15,16,20)/t9-/m0/s1. The first-order chi connectivity index (χ1) is 9.31. The Morgan fingerprint density at radius 3 is 2.55 bits per heavy atom. The Labute approximate surface area is 120 Å². The number of aliphatic carboxylic acids is 1. The van der Waals surface area contributed by atoms with Crippen LogP contribution in [0.1, 0.15) is 6.42 Å². The van der Waals surface area contributed by atoms with Gasteiger partial charge in [-0.2, -0.15) is 0 Å². The van der Waals surface area contributed by atoms with Crippen molar-refractivity contribution in [2.75, 3.05) is 11.9 Å². The number of rotatable bonds is 5. The van der Waals surface area contributed by atoms with Crippen LogP contribution < -0.4 is 10.6 Å². The molecule has 6 nitrogen and oxygen atoms in total. The van der Waals surface area contributed by atoms with Crippen molar-refractivity contribution in [2.24, 2.45) is 0 Å². The van der Waals surface area contributed by atoms with Crippen molar-refractivity contribution in [1.29, 1.82) is 0 Å². The summed E-state index contributed by atoms with van der Waals surface area (Å²) in [6.45, 7) is -0.122. The zero-order valence-electron chi connectivity index (χ0n) is 9.99. The number of hydrogen-bond acceptors (Lipinski definition) is 3. The van der Waals surface area contributed by atoms with E-state index in [2.05, 4.69) is 26.6 Å². The first-order valence-electron chi connectivity index (χ1n) is 5.41. The van der Waals surface area contributed by atoms with E-state index >= 15 is 0 Å². The molecular formula is C11H11BrF2N2O4. The predicted molar refractivity (Wildman–Crippen MR) is 69.3 cm³/mol. The summed E-state index contributed by atoms with van der Waals surface area (Å²) < 4.78 is 26.3. The molecule has 0 unspecified atom stereocenters. The largest absolute Gasteiger partial charge is 0.479 e. The lowest BCUT2D eigenvalue weighted by molar-refractivity contribution is -0.146. The number of carbonyl (C=O) groups is 2. The molecule has 1 aromatic rings. The van der Waals surface area contributed by atoms with Crippen LogP contribution in [0.25, 0.3) is 0 Å². The van der Waals surface area contributed by atoms with E-state index in [1.807, 2.05) is 0 Å². The monoisotopic (exact) mass is 352 g/mol. The molecule has 4 N–H and O–H groups in total. The van der Waals surface area contributed by atoms with Crippen LogP contribution in [0, 0.1) is 11.6 Å². The number of benzene rings is 1. The van der Waals surface area contributed by atoms with Crippen molar-refractivity contribution in [3.05, 3.63) is 28.2 Å². The van der Waals surface area contributed by atoms with E-state index in [1.54, 1.807) is 0 Å². The number of amides is 2. The van der Waals surface area contributed by atoms with Gasteiger partial charge >= 0.3 is 12.0 Å². The summed E-state index contributed by atoms with van der Waals surface area (Å²) in [4.78, 5) is 21.7. The Balaban J connectivity index is 2.51. The highest BCUT2D eigenvalue weighted by Gasteiger charge is 2.14. The molecule has 0 radical (unpaired) electrons. The number of nitrogens with one attached hydrogen (secondary N) is 2. The summed E-state index contributed by atoms with van der Waals surface area (Å²) >= 11 is 2.85. The van der Waals surface area contributed by atoms with Gasteiger partial charge in [0.2, 0.25) is 0 Å². The number of urea groups is 1. The summed E-state index contributed by atoms with van der Waals surface area (Å²) in [5, 5.41) is 21.7. The number of carboxylic acid groups (broad SMARTS) is 1. The van der Waals surface area contributed by atoms with Crippen molar-refractivity contribution < 1.29 is 28.6 Å². The number of aliphatic hydroxyl groups is 1. The average Bonchev–Trinajstić information content (AvgIpc) is 2.35. The second-order valence-electron chi connectivity index (χ2n) is 3.77. The van der Waals surface area contributed by atoms with Gasteiger partial charge in [-0.15, -0.1) is 0 Å². The number of carbonyl (C=O) groups excluding carboxylic acids is 1. The molecule has 20 heavy (non-hydrogen) atoms. The number of hydrogen-bond donors (Lipinski definition) is 4. The predicted octanol–water partition coefficient (Wildman–Crippen LogP) is 1.68. The van der Waals surface area contributed by atoms with Gasteiger partial charge in [-0.05, 0) is 22.0 Å². The minimum absolute atomic E-state index is 0.0181. The van der Waals surface area contributed by atoms with Crippen LogP contribution in [0.2, 0.25) is 0 Å². The number of anilines is 1. The van der Waals surface area contributed by atoms with Crippen molar-refractivity contribution in [2.45, 2.75) is 12.5 Å². The van der Waals surface area contributed by atoms with Crippen LogP contribution >= 0.6 is 15.9 Å². The van der Waals surface area contributed by atoms with E-state index in [0.717, 1.165) is 6.07 Å². The fraction of sp³-hybridized carbons (Fsp3) is 0.273. The molecule has 0 saturated carbocycles. The van der Waals surface area contributed by atoms with E-state index in [1.165, 1.54) is 0 Å². The molecule has 0 spiro atoms. The van der Waals surface area contributed by atoms with Gasteiger partial charge in [-0.1, -0.05) is 0 Å². The maximum atomic E-state index is 13.3. The van der Waals surface area contributed by atoms with E-state index < -0.39 is 29.7 Å². The Bertz CT molecular complexity index is 527. The van der Waals surface area contributed by atoms with Crippen molar-refractivity contribution in [3.63, 3.8) is 0 Å². The Kier molecular flexibility index (Phi) is 5.83. The van der Waals surface area contributed by atoms with Gasteiger partial charge in [0, 0.05) is 19.0 Å². The normalized spacial score (nSPS) is 11.8. The SMILES string of the molecule is O=C(NCC[C@H](O)C(=O)O)Nc1cc(Br)c(F)cc1F. The van der Waals surface area contributed by atoms with Crippen LogP contribution in [0.4, 0.5) is 19.3 Å². The molecule has 0 aliphatic heterocycles. The summed E-state index contributed by atoms with van der Waals surface area (Å²) in [5.74, 6) is -3.16. The molecule has 0 heterocycles. The van der Waals surface area contributed by atoms with Gasteiger partial charge < -0.3 is 20.8 Å². The fourth-order valence-electron chi connectivity index (χ4n) is 1.23. The van der Waals surface area contributed by atoms with Gasteiger partial charge in [0.05, 0.1) is 10.2 Å². The first kappa shape index (κ1) is 16.3. The highest BCUT2D eigenvalue weighted by atomic mass is 79.9. The minimum atomic E-state index is -1.59. The Hall–Kier alpha value is -1.74. The van der Waals surface area contributed by atoms with E-state index in [9.17, 15) is 18.4 Å². The molecule has 0 aliphatic carbocycles. The van der Waals surface area contributed by atoms with Crippen molar-refractivity contribution in [1.82, 2.24) is 5.32 Å². The summed E-state index contributed by atoms with van der Waals surface area (Å²) in [5.41, 5.74) is -0.241. The summed E-state index contributed by atoms with van der Waals surface area (Å²) in [7, 11) is 0. The smallest absolute Gasteiger partial charge is 0.332 e. The summed E-state index contributed by atoms with van der Waals surface area (Å²) in [6, 6.07) is 0.851. The van der Waals surface area contributed by atoms with Crippen LogP contribution in [-0.4, -0.2) is 34.9 Å². The molecule has 0 bridgehead atoms. The van der Waals surface area contributed by atoms with Crippen molar-refractivity contribution >= 4 is 33.6 Å². The van der Waals surface area contributed by atoms with Crippen LogP contribution in [-0.2, 0) is 4.79 Å². The number of halogens is 3. The van der Waals surface area contributed by atoms with Gasteiger partial charge in [0.1, 0.15) is 11.6 Å². The minimum Gasteiger partial charge on any atom is -0.479 e. The molecule has 0 saturated heterocycles. The maximum Gasteiger partial charge on any atom is 0.332 e. The third kappa shape index (κ3) is 4.74. The maximum absolute atomic E-state index is 13.3. The molecule has 110 valence electrons. The second-order valence-corrected chi connectivity index (χ2v) is 4.62. The lowest BCUT2D eigenvalue weighted by Crippen LogP contribution is -2.33. The van der Waals surface area contributed by atoms with E-state index in [4.69, 9.17) is 10.2 Å². The zero-order valence-corrected chi connectivity index (χ0v) is 11.6. The Morgan fingerprint density at radius 2 is 1.95 bits per heavy atom. The van der Waals surface area contributed by atoms with E-state index in [0.29, 0.717) is 6.07 Å². The lowest BCUT2D eigenvalue weighted by atomic mass is 10.2. The Morgan fingerprint density at radius 1 is 1.30 bits per heavy atom. The van der Waals surface area contributed by atoms with Gasteiger partial charge in [-0.25, -0.2) is 18.4 Å². The molecule has 2 amide bonds.